The average Bonchev–Trinajstić information content (AvgIpc) is 2.65. The molecule has 1 aromatic rings. The van der Waals surface area contributed by atoms with Crippen molar-refractivity contribution in [2.24, 2.45) is 0 Å². The van der Waals surface area contributed by atoms with Crippen molar-refractivity contribution in [3.05, 3.63) is 29.6 Å². The molecule has 2 amide bonds. The van der Waals surface area contributed by atoms with E-state index in [0.29, 0.717) is 52.1 Å². The predicted octanol–water partition coefficient (Wildman–Crippen LogP) is 1.44. The van der Waals surface area contributed by atoms with Crippen LogP contribution in [0.1, 0.15) is 25.3 Å². The molecule has 0 saturated carbocycles. The molecule has 144 valence electrons. The van der Waals surface area contributed by atoms with Gasteiger partial charge in [-0.05, 0) is 30.5 Å². The highest BCUT2D eigenvalue weighted by atomic mass is 19.1. The summed E-state index contributed by atoms with van der Waals surface area (Å²) in [6, 6.07) is 4.78. The summed E-state index contributed by atoms with van der Waals surface area (Å²) in [4.78, 5) is 28.0. The highest BCUT2D eigenvalue weighted by molar-refractivity contribution is 5.78. The summed E-state index contributed by atoms with van der Waals surface area (Å²) < 4.78 is 18.6. The molecule has 0 bridgehead atoms. The minimum atomic E-state index is -0.410. The molecule has 7 heteroatoms. The van der Waals surface area contributed by atoms with Crippen molar-refractivity contribution >= 4 is 11.8 Å². The highest BCUT2D eigenvalue weighted by Gasteiger charge is 2.22. The lowest BCUT2D eigenvalue weighted by atomic mass is 10.1. The zero-order valence-corrected chi connectivity index (χ0v) is 15.6. The number of nitrogens with one attached hydrogen (secondary N) is 1. The fraction of sp³-hybridized carbons (Fsp3) is 0.579. The molecular formula is C19H28FN3O3. The van der Waals surface area contributed by atoms with Gasteiger partial charge in [0.05, 0.1) is 13.7 Å². The van der Waals surface area contributed by atoms with Crippen molar-refractivity contribution in [3.8, 4) is 5.75 Å². The van der Waals surface area contributed by atoms with Crippen LogP contribution in [0, 0.1) is 5.82 Å². The summed E-state index contributed by atoms with van der Waals surface area (Å²) in [6.07, 6.45) is 1.77. The van der Waals surface area contributed by atoms with E-state index in [1.807, 2.05) is 11.8 Å². The van der Waals surface area contributed by atoms with Crippen LogP contribution in [0.5, 0.6) is 5.75 Å². The van der Waals surface area contributed by atoms with Crippen LogP contribution < -0.4 is 10.1 Å². The van der Waals surface area contributed by atoms with Gasteiger partial charge < -0.3 is 15.0 Å². The van der Waals surface area contributed by atoms with Crippen LogP contribution in [-0.4, -0.2) is 68.0 Å². The number of halogens is 1. The minimum absolute atomic E-state index is 0.0353. The van der Waals surface area contributed by atoms with Gasteiger partial charge in [0.25, 0.3) is 0 Å². The number of benzene rings is 1. The van der Waals surface area contributed by atoms with Gasteiger partial charge in [-0.15, -0.1) is 0 Å². The monoisotopic (exact) mass is 365 g/mol. The molecule has 6 nitrogen and oxygen atoms in total. The van der Waals surface area contributed by atoms with Crippen LogP contribution in [0.25, 0.3) is 0 Å². The number of aryl methyl sites for hydroxylation is 1. The van der Waals surface area contributed by atoms with E-state index in [2.05, 4.69) is 10.2 Å². The summed E-state index contributed by atoms with van der Waals surface area (Å²) in [5, 5.41) is 2.86. The molecule has 0 unspecified atom stereocenters. The molecular weight excluding hydrogens is 337 g/mol. The molecule has 1 aliphatic rings. The van der Waals surface area contributed by atoms with Crippen LogP contribution in [0.3, 0.4) is 0 Å². The predicted molar refractivity (Wildman–Crippen MR) is 97.6 cm³/mol. The molecule has 0 aromatic heterocycles. The van der Waals surface area contributed by atoms with E-state index in [1.165, 1.54) is 13.2 Å². The van der Waals surface area contributed by atoms with Crippen LogP contribution in [0.4, 0.5) is 4.39 Å². The second kappa shape index (κ2) is 10.1. The van der Waals surface area contributed by atoms with Crippen LogP contribution >= 0.6 is 0 Å². The maximum absolute atomic E-state index is 13.7. The second-order valence-electron chi connectivity index (χ2n) is 6.48. The number of ether oxygens (including phenoxy) is 1. The highest BCUT2D eigenvalue weighted by Crippen LogP contribution is 2.18. The van der Waals surface area contributed by atoms with Gasteiger partial charge in [-0.1, -0.05) is 13.0 Å². The lowest BCUT2D eigenvalue weighted by Gasteiger charge is -2.34. The Labute approximate surface area is 154 Å². The molecule has 1 saturated heterocycles. The number of hydrogen-bond acceptors (Lipinski definition) is 4. The normalized spacial score (nSPS) is 15.0. The molecule has 26 heavy (non-hydrogen) atoms. The molecule has 1 heterocycles. The van der Waals surface area contributed by atoms with E-state index in [9.17, 15) is 14.0 Å². The molecule has 1 aliphatic heterocycles. The topological polar surface area (TPSA) is 61.9 Å². The number of methoxy groups -OCH3 is 1. The van der Waals surface area contributed by atoms with Crippen molar-refractivity contribution in [1.82, 2.24) is 15.1 Å². The lowest BCUT2D eigenvalue weighted by molar-refractivity contribution is -0.133. The van der Waals surface area contributed by atoms with Crippen molar-refractivity contribution in [1.29, 1.82) is 0 Å². The van der Waals surface area contributed by atoms with E-state index in [4.69, 9.17) is 4.74 Å². The quantitative estimate of drug-likeness (QED) is 0.757. The fourth-order valence-electron chi connectivity index (χ4n) is 2.95. The summed E-state index contributed by atoms with van der Waals surface area (Å²) in [5.74, 6) is -0.101. The number of rotatable bonds is 8. The van der Waals surface area contributed by atoms with Gasteiger partial charge in [0.15, 0.2) is 11.6 Å². The van der Waals surface area contributed by atoms with Gasteiger partial charge in [-0.25, -0.2) is 4.39 Å². The Morgan fingerprint density at radius 3 is 2.58 bits per heavy atom. The lowest BCUT2D eigenvalue weighted by Crippen LogP contribution is -2.51. The van der Waals surface area contributed by atoms with Crippen molar-refractivity contribution in [2.75, 3.05) is 46.4 Å². The van der Waals surface area contributed by atoms with Gasteiger partial charge in [0.1, 0.15) is 0 Å². The Hall–Kier alpha value is -2.15. The Kier molecular flexibility index (Phi) is 7.84. The molecule has 0 aliphatic carbocycles. The first-order valence-electron chi connectivity index (χ1n) is 9.12. The molecule has 1 aromatic carbocycles. The number of piperazine rings is 1. The zero-order chi connectivity index (χ0) is 18.9. The van der Waals surface area contributed by atoms with E-state index in [0.717, 1.165) is 12.0 Å². The number of hydrogen-bond donors (Lipinski definition) is 1. The van der Waals surface area contributed by atoms with E-state index in [-0.39, 0.29) is 17.6 Å². The summed E-state index contributed by atoms with van der Waals surface area (Å²) in [5.41, 5.74) is 0.780. The maximum atomic E-state index is 13.7. The first-order valence-corrected chi connectivity index (χ1v) is 9.12. The first-order chi connectivity index (χ1) is 12.5. The third-order valence-electron chi connectivity index (χ3n) is 4.51. The molecule has 0 atom stereocenters. The minimum Gasteiger partial charge on any atom is -0.494 e. The number of nitrogens with zero attached hydrogens (tertiary/aromatic N) is 2. The molecule has 2 rings (SSSR count). The van der Waals surface area contributed by atoms with E-state index >= 15 is 0 Å². The zero-order valence-electron chi connectivity index (χ0n) is 15.6. The van der Waals surface area contributed by atoms with Crippen LogP contribution in [0.2, 0.25) is 0 Å². The van der Waals surface area contributed by atoms with Crippen molar-refractivity contribution in [3.63, 3.8) is 0 Å². The molecule has 1 fully saturated rings. The van der Waals surface area contributed by atoms with Gasteiger partial charge in [0.2, 0.25) is 11.8 Å². The van der Waals surface area contributed by atoms with Crippen LogP contribution in [-0.2, 0) is 16.0 Å². The molecule has 0 radical (unpaired) electrons. The second-order valence-corrected chi connectivity index (χ2v) is 6.48. The Balaban J connectivity index is 1.73. The average molecular weight is 365 g/mol. The number of carbonyl (C=O) groups is 2. The summed E-state index contributed by atoms with van der Waals surface area (Å²) in [7, 11) is 1.43. The van der Waals surface area contributed by atoms with Gasteiger partial charge in [-0.2, -0.15) is 0 Å². The Morgan fingerprint density at radius 2 is 1.96 bits per heavy atom. The first kappa shape index (κ1) is 20.2. The van der Waals surface area contributed by atoms with Gasteiger partial charge in [0, 0.05) is 39.1 Å². The molecule has 0 spiro atoms. The third-order valence-corrected chi connectivity index (χ3v) is 4.51. The molecule has 1 N–H and O–H groups in total. The van der Waals surface area contributed by atoms with Gasteiger partial charge in [-0.3, -0.25) is 14.5 Å². The van der Waals surface area contributed by atoms with Crippen molar-refractivity contribution < 1.29 is 18.7 Å². The SMILES string of the molecule is CCCNC(=O)CN1CCN(C(=O)CCc2ccc(OC)c(F)c2)CC1. The standard InChI is InChI=1S/C19H28FN3O3/c1-3-8-21-18(24)14-22-9-11-23(12-10-22)19(25)7-5-15-4-6-17(26-2)16(20)13-15/h4,6,13H,3,5,7-12,14H2,1-2H3,(H,21,24). The van der Waals surface area contributed by atoms with Crippen LogP contribution in [0.15, 0.2) is 18.2 Å². The number of carbonyl (C=O) groups excluding carboxylic acids is 2. The fourth-order valence-corrected chi connectivity index (χ4v) is 2.95. The van der Waals surface area contributed by atoms with Crippen molar-refractivity contribution in [2.45, 2.75) is 26.2 Å². The summed E-state index contributed by atoms with van der Waals surface area (Å²) in [6.45, 7) is 5.74. The maximum Gasteiger partial charge on any atom is 0.234 e. The Bertz CT molecular complexity index is 616. The summed E-state index contributed by atoms with van der Waals surface area (Å²) >= 11 is 0. The number of amides is 2. The Morgan fingerprint density at radius 1 is 1.23 bits per heavy atom. The third kappa shape index (κ3) is 5.98. The van der Waals surface area contributed by atoms with E-state index in [1.54, 1.807) is 12.1 Å². The smallest absolute Gasteiger partial charge is 0.234 e. The van der Waals surface area contributed by atoms with Gasteiger partial charge >= 0.3 is 0 Å². The largest absolute Gasteiger partial charge is 0.494 e. The van der Waals surface area contributed by atoms with E-state index < -0.39 is 5.82 Å².